The molecule has 110 valence electrons. The van der Waals surface area contributed by atoms with E-state index in [0.29, 0.717) is 0 Å². The quantitative estimate of drug-likeness (QED) is 0.846. The van der Waals surface area contributed by atoms with Gasteiger partial charge in [-0.1, -0.05) is 6.04 Å². The van der Waals surface area contributed by atoms with Crippen LogP contribution in [-0.4, -0.2) is 45.8 Å². The van der Waals surface area contributed by atoms with Gasteiger partial charge in [0.2, 0.25) is 10.0 Å². The molecule has 2 rings (SSSR count). The van der Waals surface area contributed by atoms with Gasteiger partial charge >= 0.3 is 0 Å². The first-order valence-electron chi connectivity index (χ1n) is 11.9. The van der Waals surface area contributed by atoms with E-state index in [0.717, 1.165) is 13.2 Å². The van der Waals surface area contributed by atoms with E-state index in [1.54, 1.807) is 4.72 Å². The summed E-state index contributed by atoms with van der Waals surface area (Å²) in [6.07, 6.45) is -1.82. The Labute approximate surface area is 138 Å². The van der Waals surface area contributed by atoms with Crippen LogP contribution in [0.15, 0.2) is 24.3 Å². The zero-order chi connectivity index (χ0) is 25.9. The highest BCUT2D eigenvalue weighted by atomic mass is 32.2. The van der Waals surface area contributed by atoms with Crippen molar-refractivity contribution in [2.45, 2.75) is 12.1 Å². The van der Waals surface area contributed by atoms with Crippen molar-refractivity contribution in [3.05, 3.63) is 35.5 Å². The molecule has 0 saturated heterocycles. The summed E-state index contributed by atoms with van der Waals surface area (Å²) in [5, 5.41) is -0.470. The molecule has 2 aromatic rings. The predicted molar refractivity (Wildman–Crippen MR) is 82.2 cm³/mol. The number of rotatable bonds is 6. The van der Waals surface area contributed by atoms with E-state index >= 15 is 0 Å². The lowest BCUT2D eigenvalue weighted by molar-refractivity contribution is 0.414. The zero-order valence-corrected chi connectivity index (χ0v) is 11.3. The molecule has 0 amide bonds. The van der Waals surface area contributed by atoms with Crippen LogP contribution in [0.3, 0.4) is 0 Å². The summed E-state index contributed by atoms with van der Waals surface area (Å²) in [5.41, 5.74) is -5.16. The number of aromatic nitrogens is 1. The molecule has 0 saturated carbocycles. The number of hydrogen-bond donors (Lipinski definition) is 2. The summed E-state index contributed by atoms with van der Waals surface area (Å²) in [6, 6.07) is -2.56. The zero-order valence-electron chi connectivity index (χ0n) is 23.5. The van der Waals surface area contributed by atoms with Gasteiger partial charge in [0, 0.05) is 37.4 Å². The molecule has 0 aliphatic carbocycles. The number of aromatic amines is 1. The number of fused-ring (bicyclic) bond motifs is 1. The van der Waals surface area contributed by atoms with Crippen molar-refractivity contribution in [2.24, 2.45) is 0 Å². The van der Waals surface area contributed by atoms with Gasteiger partial charge in [0.1, 0.15) is 0 Å². The Morgan fingerprint density at radius 3 is 3.00 bits per heavy atom. The van der Waals surface area contributed by atoms with Crippen molar-refractivity contribution in [1.29, 1.82) is 0 Å². The average molecular weight is 308 g/mol. The van der Waals surface area contributed by atoms with E-state index in [1.807, 2.05) is 0 Å². The van der Waals surface area contributed by atoms with E-state index in [1.165, 1.54) is 0 Å². The summed E-state index contributed by atoms with van der Waals surface area (Å²) >= 11 is 0. The van der Waals surface area contributed by atoms with Crippen LogP contribution < -0.4 is 4.72 Å². The Morgan fingerprint density at radius 2 is 2.30 bits per heavy atom. The number of nitrogens with one attached hydrogen (secondary N) is 2. The second-order valence-electron chi connectivity index (χ2n) is 3.77. The highest BCUT2D eigenvalue weighted by Gasteiger charge is 2.11. The van der Waals surface area contributed by atoms with Crippen LogP contribution in [0.25, 0.3) is 10.9 Å². The van der Waals surface area contributed by atoms with Gasteiger partial charge in [-0.3, -0.25) is 0 Å². The molecule has 5 nitrogen and oxygen atoms in total. The maximum absolute atomic E-state index is 12.2. The topological polar surface area (TPSA) is 65.2 Å². The third-order valence-corrected chi connectivity index (χ3v) is 3.39. The summed E-state index contributed by atoms with van der Waals surface area (Å²) in [4.78, 5) is 2.44. The number of benzene rings is 1. The molecule has 20 heavy (non-hydrogen) atoms. The fraction of sp³-hybridized carbons (Fsp3) is 0.429. The highest BCUT2D eigenvalue weighted by Crippen LogP contribution is 2.21. The third kappa shape index (κ3) is 3.59. The largest absolute Gasteiger partial charge is 0.361 e. The van der Waals surface area contributed by atoms with Gasteiger partial charge in [-0.05, 0) is 50.6 Å². The Balaban J connectivity index is 2.85. The molecule has 1 aromatic heterocycles. The van der Waals surface area contributed by atoms with Crippen LogP contribution in [-0.2, 0) is 22.1 Å². The molecular weight excluding hydrogens is 274 g/mol. The van der Waals surface area contributed by atoms with Crippen molar-refractivity contribution < 1.29 is 26.2 Å². The van der Waals surface area contributed by atoms with Crippen LogP contribution in [0.1, 0.15) is 28.9 Å². The molecule has 0 spiro atoms. The minimum atomic E-state index is -4.77. The maximum atomic E-state index is 12.2. The fourth-order valence-electron chi connectivity index (χ4n) is 1.47. The molecule has 1 heterocycles. The van der Waals surface area contributed by atoms with Gasteiger partial charge in [-0.25, -0.2) is 13.1 Å². The monoisotopic (exact) mass is 308 g/mol. The molecule has 0 bridgehead atoms. The van der Waals surface area contributed by atoms with Crippen LogP contribution in [0.2, 0.25) is 0 Å². The Hall–Kier alpha value is -1.37. The van der Waals surface area contributed by atoms with E-state index in [9.17, 15) is 8.42 Å². The first-order chi connectivity index (χ1) is 14.6. The van der Waals surface area contributed by atoms with Crippen molar-refractivity contribution in [3.8, 4) is 0 Å². The van der Waals surface area contributed by atoms with Crippen molar-refractivity contribution in [1.82, 2.24) is 14.6 Å². The lowest BCUT2D eigenvalue weighted by atomic mass is 10.1. The van der Waals surface area contributed by atoms with E-state index in [-0.39, 0.29) is 10.4 Å². The van der Waals surface area contributed by atoms with Gasteiger partial charge in [0.25, 0.3) is 0 Å². The third-order valence-electron chi connectivity index (χ3n) is 2.38. The van der Waals surface area contributed by atoms with Crippen LogP contribution in [0.4, 0.5) is 0 Å². The molecule has 0 aliphatic rings. The molecule has 0 unspecified atom stereocenters. The SMILES string of the molecule is [2H]c1c(C([2H])([2H])S(=O)(=O)NC)c([2H])c2c(C([2H])([2H])CN(C([2H])([2H])[2H])C([2H])([2H])[2H])c[nH]c2c1[2H]. The van der Waals surface area contributed by atoms with Gasteiger partial charge in [-0.2, -0.15) is 0 Å². The van der Waals surface area contributed by atoms with E-state index in [4.69, 9.17) is 17.8 Å². The molecule has 1 aromatic carbocycles. The minimum absolute atomic E-state index is 0.0332. The lowest BCUT2D eigenvalue weighted by Gasteiger charge is -2.08. The van der Waals surface area contributed by atoms with Crippen molar-refractivity contribution in [3.63, 3.8) is 0 Å². The van der Waals surface area contributed by atoms with E-state index < -0.39 is 77.2 Å². The summed E-state index contributed by atoms with van der Waals surface area (Å²) < 4.78 is 128. The fourth-order valence-corrected chi connectivity index (χ4v) is 1.95. The number of hydrogen-bond acceptors (Lipinski definition) is 3. The Kier molecular flexibility index (Phi) is 1.62. The first kappa shape index (κ1) is 5.44. The normalized spacial score (nSPS) is 24.6. The second kappa shape index (κ2) is 5.95. The number of likely N-dealkylation sites (N-methyl/N-ethyl adjacent to an activating group) is 1. The molecule has 0 radical (unpaired) electrons. The van der Waals surface area contributed by atoms with Crippen LogP contribution >= 0.6 is 0 Å². The van der Waals surface area contributed by atoms with Crippen molar-refractivity contribution in [2.75, 3.05) is 27.5 Å². The van der Waals surface area contributed by atoms with Gasteiger partial charge < -0.3 is 9.88 Å². The standard InChI is InChI=1S/C14H21N3O2S/c1-15-20(18,19)10-11-4-5-14-13(8-11)12(9-16-14)6-7-17(2)3/h4-5,8-9,15-16H,6-7,10H2,1-3H3/i2D3,3D3,4D,5D,6D2,8D,10D2. The van der Waals surface area contributed by atoms with Crippen LogP contribution in [0.5, 0.6) is 0 Å². The van der Waals surface area contributed by atoms with Gasteiger partial charge in [0.05, 0.1) is 9.82 Å². The minimum Gasteiger partial charge on any atom is -0.361 e. The first-order valence-corrected chi connectivity index (χ1v) is 6.92. The Morgan fingerprint density at radius 1 is 1.50 bits per heavy atom. The summed E-state index contributed by atoms with van der Waals surface area (Å²) in [6.45, 7) is -7.63. The number of sulfonamides is 1. The predicted octanol–water partition coefficient (Wildman–Crippen LogP) is 1.32. The molecule has 0 aliphatic heterocycles. The summed E-state index contributed by atoms with van der Waals surface area (Å²) in [7, 11) is -3.86. The van der Waals surface area contributed by atoms with Crippen LogP contribution in [0, 0.1) is 0 Å². The number of nitrogens with zero attached hydrogens (tertiary/aromatic N) is 1. The molecular formula is C14H21N3O2S. The highest BCUT2D eigenvalue weighted by molar-refractivity contribution is 7.88. The second-order valence-corrected chi connectivity index (χ2v) is 5.39. The lowest BCUT2D eigenvalue weighted by Crippen LogP contribution is -2.20. The van der Waals surface area contributed by atoms with Gasteiger partial charge in [-0.15, -0.1) is 0 Å². The molecule has 0 atom stereocenters. The van der Waals surface area contributed by atoms with Crippen molar-refractivity contribution >= 4 is 20.9 Å². The maximum Gasteiger partial charge on any atom is 0.215 e. The summed E-state index contributed by atoms with van der Waals surface area (Å²) in [5.74, 6) is 0. The number of H-pyrrole nitrogens is 1. The molecule has 0 fully saturated rings. The molecule has 2 N–H and O–H groups in total. The average Bonchev–Trinajstić information content (AvgIpc) is 3.09. The smallest absolute Gasteiger partial charge is 0.215 e. The molecule has 6 heteroatoms. The Bertz CT molecular complexity index is 1150. The van der Waals surface area contributed by atoms with Gasteiger partial charge in [0.15, 0.2) is 0 Å². The van der Waals surface area contributed by atoms with E-state index in [2.05, 4.69) is 4.98 Å².